The Balaban J connectivity index is 1.82. The molecule has 0 saturated heterocycles. The average Bonchev–Trinajstić information content (AvgIpc) is 2.93. The van der Waals surface area contributed by atoms with Gasteiger partial charge in [0.2, 0.25) is 0 Å². The van der Waals surface area contributed by atoms with Crippen molar-refractivity contribution in [2.75, 3.05) is 5.32 Å². The van der Waals surface area contributed by atoms with Gasteiger partial charge in [-0.1, -0.05) is 6.42 Å². The molecule has 2 aliphatic rings. The van der Waals surface area contributed by atoms with Gasteiger partial charge in [-0.25, -0.2) is 0 Å². The molecule has 2 bridgehead atoms. The maximum atomic E-state index is 11.1. The van der Waals surface area contributed by atoms with Gasteiger partial charge < -0.3 is 5.32 Å². The highest BCUT2D eigenvalue weighted by molar-refractivity contribution is 14.1. The highest BCUT2D eigenvalue weighted by Gasteiger charge is 2.39. The molecule has 3 rings (SSSR count). The van der Waals surface area contributed by atoms with Crippen LogP contribution in [0.4, 0.5) is 11.4 Å². The van der Waals surface area contributed by atoms with Crippen molar-refractivity contribution in [2.45, 2.75) is 31.7 Å². The molecular weight excluding hydrogens is 343 g/mol. The number of hydrogen-bond donors (Lipinski definition) is 1. The smallest absolute Gasteiger partial charge is 0.293 e. The first-order valence-electron chi connectivity index (χ1n) is 6.34. The summed E-state index contributed by atoms with van der Waals surface area (Å²) < 4.78 is 0.901. The highest BCUT2D eigenvalue weighted by Crippen LogP contribution is 2.46. The number of hydrogen-bond acceptors (Lipinski definition) is 3. The second kappa shape index (κ2) is 4.68. The van der Waals surface area contributed by atoms with Gasteiger partial charge in [0.05, 0.1) is 4.92 Å². The summed E-state index contributed by atoms with van der Waals surface area (Å²) in [7, 11) is 0. The van der Waals surface area contributed by atoms with Gasteiger partial charge in [-0.15, -0.1) is 0 Å². The molecule has 0 aromatic heterocycles. The number of anilines is 1. The van der Waals surface area contributed by atoms with Crippen LogP contribution in [-0.4, -0.2) is 11.0 Å². The van der Waals surface area contributed by atoms with Crippen molar-refractivity contribution in [3.63, 3.8) is 0 Å². The molecule has 1 aromatic rings. The lowest BCUT2D eigenvalue weighted by molar-refractivity contribution is -0.384. The Morgan fingerprint density at radius 2 is 2.17 bits per heavy atom. The lowest BCUT2D eigenvalue weighted by Gasteiger charge is -2.23. The van der Waals surface area contributed by atoms with Crippen LogP contribution in [0.2, 0.25) is 0 Å². The molecule has 5 heteroatoms. The largest absolute Gasteiger partial charge is 0.376 e. The molecule has 96 valence electrons. The Hall–Kier alpha value is -0.850. The zero-order valence-corrected chi connectivity index (χ0v) is 12.1. The molecule has 1 N–H and O–H groups in total. The summed E-state index contributed by atoms with van der Waals surface area (Å²) in [5.41, 5.74) is 0.877. The van der Waals surface area contributed by atoms with Crippen molar-refractivity contribution in [3.8, 4) is 0 Å². The van der Waals surface area contributed by atoms with Crippen molar-refractivity contribution in [3.05, 3.63) is 31.9 Å². The maximum absolute atomic E-state index is 11.1. The van der Waals surface area contributed by atoms with E-state index in [0.29, 0.717) is 17.6 Å². The third kappa shape index (κ3) is 2.20. The van der Waals surface area contributed by atoms with Crippen LogP contribution in [0, 0.1) is 25.5 Å². The minimum absolute atomic E-state index is 0.199. The van der Waals surface area contributed by atoms with E-state index in [2.05, 4.69) is 27.9 Å². The lowest BCUT2D eigenvalue weighted by Crippen LogP contribution is -2.26. The van der Waals surface area contributed by atoms with E-state index in [1.165, 1.54) is 25.7 Å². The van der Waals surface area contributed by atoms with Crippen LogP contribution in [0.25, 0.3) is 0 Å². The molecule has 3 atom stereocenters. The Labute approximate surface area is 119 Å². The molecule has 2 saturated carbocycles. The first-order valence-corrected chi connectivity index (χ1v) is 7.42. The van der Waals surface area contributed by atoms with Gasteiger partial charge in [0.25, 0.3) is 5.69 Å². The van der Waals surface area contributed by atoms with Crippen molar-refractivity contribution in [2.24, 2.45) is 11.8 Å². The fourth-order valence-corrected chi connectivity index (χ4v) is 3.87. The maximum Gasteiger partial charge on any atom is 0.293 e. The molecule has 0 amide bonds. The number of halogens is 1. The van der Waals surface area contributed by atoms with Crippen LogP contribution in [0.3, 0.4) is 0 Å². The van der Waals surface area contributed by atoms with E-state index in [-0.39, 0.29) is 10.6 Å². The van der Waals surface area contributed by atoms with E-state index < -0.39 is 0 Å². The minimum atomic E-state index is -0.294. The van der Waals surface area contributed by atoms with Gasteiger partial charge in [0.15, 0.2) is 0 Å². The van der Waals surface area contributed by atoms with Crippen molar-refractivity contribution in [1.29, 1.82) is 0 Å². The van der Waals surface area contributed by atoms with Crippen molar-refractivity contribution < 1.29 is 4.92 Å². The summed E-state index contributed by atoms with van der Waals surface area (Å²) in [6, 6.07) is 5.83. The van der Waals surface area contributed by atoms with Crippen LogP contribution in [-0.2, 0) is 0 Å². The number of nitro benzene ring substituents is 1. The van der Waals surface area contributed by atoms with Crippen LogP contribution in [0.5, 0.6) is 0 Å². The van der Waals surface area contributed by atoms with Crippen LogP contribution in [0.15, 0.2) is 18.2 Å². The molecule has 2 aliphatic carbocycles. The molecule has 0 spiro atoms. The standard InChI is InChI=1S/C13H15IN2O2/c14-10-3-4-11(13(7-10)16(17)18)15-12-6-8-1-2-9(12)5-8/h3-4,7-9,12,15H,1-2,5-6H2. The van der Waals surface area contributed by atoms with E-state index >= 15 is 0 Å². The number of rotatable bonds is 3. The van der Waals surface area contributed by atoms with Crippen molar-refractivity contribution in [1.82, 2.24) is 0 Å². The predicted molar refractivity (Wildman–Crippen MR) is 78.7 cm³/mol. The SMILES string of the molecule is O=[N+]([O-])c1cc(I)ccc1NC1CC2CCC1C2. The summed E-state index contributed by atoms with van der Waals surface area (Å²) in [5, 5.41) is 14.5. The van der Waals surface area contributed by atoms with Gasteiger partial charge in [-0.05, 0) is 65.8 Å². The fraction of sp³-hybridized carbons (Fsp3) is 0.538. The zero-order valence-electron chi connectivity index (χ0n) is 9.93. The Kier molecular flexibility index (Phi) is 3.17. The van der Waals surface area contributed by atoms with E-state index in [4.69, 9.17) is 0 Å². The topological polar surface area (TPSA) is 55.2 Å². The molecule has 2 fully saturated rings. The average molecular weight is 358 g/mol. The van der Waals surface area contributed by atoms with E-state index in [1.54, 1.807) is 6.07 Å². The molecular formula is C13H15IN2O2. The molecule has 18 heavy (non-hydrogen) atoms. The van der Waals surface area contributed by atoms with E-state index in [9.17, 15) is 10.1 Å². The number of fused-ring (bicyclic) bond motifs is 2. The monoisotopic (exact) mass is 358 g/mol. The van der Waals surface area contributed by atoms with Gasteiger partial charge in [0, 0.05) is 15.7 Å². The Morgan fingerprint density at radius 1 is 1.33 bits per heavy atom. The van der Waals surface area contributed by atoms with Crippen LogP contribution >= 0.6 is 22.6 Å². The zero-order chi connectivity index (χ0) is 12.7. The first kappa shape index (κ1) is 12.2. The Bertz CT molecular complexity index is 492. The number of nitrogens with one attached hydrogen (secondary N) is 1. The third-order valence-electron chi connectivity index (χ3n) is 4.24. The summed E-state index contributed by atoms with van der Waals surface area (Å²) in [6.45, 7) is 0. The highest BCUT2D eigenvalue weighted by atomic mass is 127. The number of nitrogens with zero attached hydrogens (tertiary/aromatic N) is 1. The van der Waals surface area contributed by atoms with E-state index in [1.807, 2.05) is 12.1 Å². The summed E-state index contributed by atoms with van der Waals surface area (Å²) in [4.78, 5) is 10.8. The number of nitro groups is 1. The summed E-state index contributed by atoms with van der Waals surface area (Å²) in [6.07, 6.45) is 5.10. The number of benzene rings is 1. The van der Waals surface area contributed by atoms with Gasteiger partial charge in [-0.2, -0.15) is 0 Å². The van der Waals surface area contributed by atoms with Crippen molar-refractivity contribution >= 4 is 34.0 Å². The molecule has 0 heterocycles. The first-order chi connectivity index (χ1) is 8.63. The fourth-order valence-electron chi connectivity index (χ4n) is 3.40. The minimum Gasteiger partial charge on any atom is -0.376 e. The van der Waals surface area contributed by atoms with Crippen LogP contribution in [0.1, 0.15) is 25.7 Å². The Morgan fingerprint density at radius 3 is 2.78 bits per heavy atom. The predicted octanol–water partition coefficient (Wildman–Crippen LogP) is 3.80. The normalized spacial score (nSPS) is 29.5. The van der Waals surface area contributed by atoms with Gasteiger partial charge >= 0.3 is 0 Å². The summed E-state index contributed by atoms with van der Waals surface area (Å²) in [5.74, 6) is 1.56. The molecule has 1 aromatic carbocycles. The quantitative estimate of drug-likeness (QED) is 0.508. The van der Waals surface area contributed by atoms with E-state index in [0.717, 1.165) is 9.49 Å². The molecule has 3 unspecified atom stereocenters. The third-order valence-corrected chi connectivity index (χ3v) is 4.91. The molecule has 4 nitrogen and oxygen atoms in total. The molecule has 0 aliphatic heterocycles. The second-order valence-corrected chi connectivity index (χ2v) is 6.59. The molecule has 0 radical (unpaired) electrons. The van der Waals surface area contributed by atoms with Gasteiger partial charge in [0.1, 0.15) is 5.69 Å². The van der Waals surface area contributed by atoms with Gasteiger partial charge in [-0.3, -0.25) is 10.1 Å². The lowest BCUT2D eigenvalue weighted by atomic mass is 9.95. The van der Waals surface area contributed by atoms with Crippen LogP contribution < -0.4 is 5.32 Å². The second-order valence-electron chi connectivity index (χ2n) is 5.34. The summed E-state index contributed by atoms with van der Waals surface area (Å²) >= 11 is 2.11.